The van der Waals surface area contributed by atoms with Crippen molar-refractivity contribution in [3.05, 3.63) is 71.0 Å². The Morgan fingerprint density at radius 1 is 1.23 bits per heavy atom. The monoisotopic (exact) mass is 315 g/mol. The maximum Gasteiger partial charge on any atom is 0.255 e. The number of carbonyl (C=O) groups is 1. The molecule has 0 spiro atoms. The minimum Gasteiger partial charge on any atom is -0.322 e. The molecule has 1 atom stereocenters. The summed E-state index contributed by atoms with van der Waals surface area (Å²) in [7, 11) is 0. The first kappa shape index (κ1) is 15.1. The van der Waals surface area contributed by atoms with Gasteiger partial charge in [-0.25, -0.2) is 4.39 Å². The molecule has 1 amide bonds. The molecule has 1 aliphatic rings. The molecule has 0 radical (unpaired) electrons. The van der Waals surface area contributed by atoms with Gasteiger partial charge in [0.2, 0.25) is 0 Å². The Kier molecular flexibility index (Phi) is 4.48. The third-order valence-electron chi connectivity index (χ3n) is 3.93. The highest BCUT2D eigenvalue weighted by atomic mass is 32.2. The molecule has 114 valence electrons. The van der Waals surface area contributed by atoms with E-state index in [0.717, 1.165) is 12.2 Å². The van der Waals surface area contributed by atoms with E-state index in [1.54, 1.807) is 28.8 Å². The van der Waals surface area contributed by atoms with Crippen molar-refractivity contribution in [3.8, 4) is 0 Å². The molecule has 1 fully saturated rings. The second kappa shape index (κ2) is 6.53. The summed E-state index contributed by atoms with van der Waals surface area (Å²) in [5.41, 5.74) is 2.46. The van der Waals surface area contributed by atoms with Crippen LogP contribution in [0.1, 0.15) is 33.8 Å². The van der Waals surface area contributed by atoms with E-state index in [-0.39, 0.29) is 17.1 Å². The van der Waals surface area contributed by atoms with E-state index in [0.29, 0.717) is 17.7 Å². The van der Waals surface area contributed by atoms with Crippen LogP contribution in [-0.4, -0.2) is 23.1 Å². The van der Waals surface area contributed by atoms with Crippen LogP contribution >= 0.6 is 11.8 Å². The van der Waals surface area contributed by atoms with Crippen LogP contribution < -0.4 is 0 Å². The minimum absolute atomic E-state index is 0.0269. The van der Waals surface area contributed by atoms with Gasteiger partial charge in [0.25, 0.3) is 5.91 Å². The first-order valence-corrected chi connectivity index (χ1v) is 8.51. The number of thioether (sulfide) groups is 1. The number of nitrogens with zero attached hydrogens (tertiary/aromatic N) is 1. The maximum atomic E-state index is 14.0. The Bertz CT molecular complexity index is 671. The van der Waals surface area contributed by atoms with Crippen LogP contribution in [-0.2, 0) is 6.42 Å². The van der Waals surface area contributed by atoms with Crippen molar-refractivity contribution >= 4 is 17.7 Å². The summed E-state index contributed by atoms with van der Waals surface area (Å²) in [5, 5.41) is -0.237. The van der Waals surface area contributed by atoms with Crippen LogP contribution in [0, 0.1) is 5.82 Å². The fourth-order valence-electron chi connectivity index (χ4n) is 2.66. The summed E-state index contributed by atoms with van der Waals surface area (Å²) >= 11 is 1.61. The molecule has 0 aliphatic carbocycles. The molecule has 1 aliphatic heterocycles. The molecular formula is C18H18FNOS. The summed E-state index contributed by atoms with van der Waals surface area (Å²) in [6, 6.07) is 14.4. The molecule has 1 heterocycles. The maximum absolute atomic E-state index is 14.0. The van der Waals surface area contributed by atoms with Crippen molar-refractivity contribution in [2.75, 3.05) is 12.3 Å². The van der Waals surface area contributed by atoms with Gasteiger partial charge in [0.15, 0.2) is 0 Å². The van der Waals surface area contributed by atoms with Gasteiger partial charge < -0.3 is 4.90 Å². The number of rotatable bonds is 3. The molecule has 2 nitrogen and oxygen atoms in total. The van der Waals surface area contributed by atoms with Gasteiger partial charge in [-0.3, -0.25) is 4.79 Å². The van der Waals surface area contributed by atoms with Gasteiger partial charge >= 0.3 is 0 Å². The Labute approximate surface area is 134 Å². The lowest BCUT2D eigenvalue weighted by Gasteiger charge is -2.24. The van der Waals surface area contributed by atoms with Crippen LogP contribution in [0.25, 0.3) is 0 Å². The number of halogens is 1. The highest BCUT2D eigenvalue weighted by molar-refractivity contribution is 7.99. The van der Waals surface area contributed by atoms with Crippen LogP contribution in [0.4, 0.5) is 4.39 Å². The first-order chi connectivity index (χ1) is 10.7. The average molecular weight is 315 g/mol. The van der Waals surface area contributed by atoms with Crippen LogP contribution in [0.2, 0.25) is 0 Å². The van der Waals surface area contributed by atoms with Gasteiger partial charge in [0, 0.05) is 23.4 Å². The van der Waals surface area contributed by atoms with Gasteiger partial charge in [-0.15, -0.1) is 11.8 Å². The molecule has 1 saturated heterocycles. The predicted octanol–water partition coefficient (Wildman–Crippen LogP) is 4.28. The smallest absolute Gasteiger partial charge is 0.255 e. The lowest BCUT2D eigenvalue weighted by atomic mass is 10.1. The Morgan fingerprint density at radius 2 is 1.95 bits per heavy atom. The number of hydrogen-bond acceptors (Lipinski definition) is 2. The van der Waals surface area contributed by atoms with E-state index < -0.39 is 0 Å². The third kappa shape index (κ3) is 2.88. The Morgan fingerprint density at radius 3 is 2.64 bits per heavy atom. The van der Waals surface area contributed by atoms with Crippen molar-refractivity contribution in [1.29, 1.82) is 0 Å². The van der Waals surface area contributed by atoms with Gasteiger partial charge in [-0.2, -0.15) is 0 Å². The van der Waals surface area contributed by atoms with E-state index in [1.807, 2.05) is 30.3 Å². The summed E-state index contributed by atoms with van der Waals surface area (Å²) in [6.45, 7) is 2.74. The highest BCUT2D eigenvalue weighted by Crippen LogP contribution is 2.39. The van der Waals surface area contributed by atoms with E-state index in [4.69, 9.17) is 0 Å². The quantitative estimate of drug-likeness (QED) is 0.843. The molecule has 4 heteroatoms. The zero-order valence-electron chi connectivity index (χ0n) is 12.5. The first-order valence-electron chi connectivity index (χ1n) is 7.46. The van der Waals surface area contributed by atoms with Crippen molar-refractivity contribution in [2.24, 2.45) is 0 Å². The van der Waals surface area contributed by atoms with Crippen LogP contribution in [0.3, 0.4) is 0 Å². The summed E-state index contributed by atoms with van der Waals surface area (Å²) in [4.78, 5) is 14.5. The van der Waals surface area contributed by atoms with Crippen molar-refractivity contribution in [1.82, 2.24) is 4.90 Å². The second-order valence-corrected chi connectivity index (χ2v) is 6.48. The summed E-state index contributed by atoms with van der Waals surface area (Å²) in [5.74, 6) is 0.555. The fraction of sp³-hybridized carbons (Fsp3) is 0.278. The Hall–Kier alpha value is -1.81. The molecule has 2 aromatic rings. The molecular weight excluding hydrogens is 297 g/mol. The van der Waals surface area contributed by atoms with Crippen molar-refractivity contribution in [2.45, 2.75) is 18.7 Å². The predicted molar refractivity (Wildman–Crippen MR) is 88.5 cm³/mol. The van der Waals surface area contributed by atoms with Crippen molar-refractivity contribution in [3.63, 3.8) is 0 Å². The largest absolute Gasteiger partial charge is 0.322 e. The zero-order valence-corrected chi connectivity index (χ0v) is 13.3. The highest BCUT2D eigenvalue weighted by Gasteiger charge is 2.32. The average Bonchev–Trinajstić information content (AvgIpc) is 3.04. The number of aryl methyl sites for hydroxylation is 1. The molecule has 0 saturated carbocycles. The molecule has 22 heavy (non-hydrogen) atoms. The number of amides is 1. The number of carbonyl (C=O) groups excluding carboxylic acids is 1. The normalized spacial score (nSPS) is 17.7. The SMILES string of the molecule is CCc1ccc(C(=O)N2CCS[C@H]2c2ccccc2F)cc1. The molecule has 0 bridgehead atoms. The number of benzene rings is 2. The van der Waals surface area contributed by atoms with Crippen molar-refractivity contribution < 1.29 is 9.18 Å². The van der Waals surface area contributed by atoms with Gasteiger partial charge in [0.1, 0.15) is 11.2 Å². The fourth-order valence-corrected chi connectivity index (χ4v) is 3.94. The standard InChI is InChI=1S/C18H18FNOS/c1-2-13-7-9-14(10-8-13)17(21)20-11-12-22-18(20)15-5-3-4-6-16(15)19/h3-10,18H,2,11-12H2,1H3/t18-/m0/s1. The number of hydrogen-bond donors (Lipinski definition) is 0. The second-order valence-electron chi connectivity index (χ2n) is 5.29. The van der Waals surface area contributed by atoms with Crippen LogP contribution in [0.5, 0.6) is 0 Å². The lowest BCUT2D eigenvalue weighted by Crippen LogP contribution is -2.30. The topological polar surface area (TPSA) is 20.3 Å². The molecule has 0 unspecified atom stereocenters. The molecule has 0 aromatic heterocycles. The van der Waals surface area contributed by atoms with Gasteiger partial charge in [0.05, 0.1) is 0 Å². The lowest BCUT2D eigenvalue weighted by molar-refractivity contribution is 0.0759. The zero-order chi connectivity index (χ0) is 15.5. The third-order valence-corrected chi connectivity index (χ3v) is 5.17. The summed E-state index contributed by atoms with van der Waals surface area (Å²) in [6.07, 6.45) is 0.950. The van der Waals surface area contributed by atoms with E-state index in [1.165, 1.54) is 11.6 Å². The van der Waals surface area contributed by atoms with Gasteiger partial charge in [-0.1, -0.05) is 37.3 Å². The van der Waals surface area contributed by atoms with Crippen LogP contribution in [0.15, 0.2) is 48.5 Å². The van der Waals surface area contributed by atoms with Gasteiger partial charge in [-0.05, 0) is 30.2 Å². The van der Waals surface area contributed by atoms with E-state index in [2.05, 4.69) is 6.92 Å². The molecule has 2 aromatic carbocycles. The minimum atomic E-state index is -0.249. The van der Waals surface area contributed by atoms with E-state index in [9.17, 15) is 9.18 Å². The van der Waals surface area contributed by atoms with E-state index >= 15 is 0 Å². The molecule has 0 N–H and O–H groups in total. The summed E-state index contributed by atoms with van der Waals surface area (Å²) < 4.78 is 14.0. The molecule has 3 rings (SSSR count). The Balaban J connectivity index is 1.86.